The molecule has 0 saturated carbocycles. The lowest BCUT2D eigenvalue weighted by atomic mass is 9.87. The van der Waals surface area contributed by atoms with Crippen LogP contribution < -0.4 is 15.4 Å². The van der Waals surface area contributed by atoms with Gasteiger partial charge in [0.1, 0.15) is 17.8 Å². The average Bonchev–Trinajstić information content (AvgIpc) is 2.79. The van der Waals surface area contributed by atoms with Gasteiger partial charge in [0.05, 0.1) is 7.11 Å². The number of nitrogens with one attached hydrogen (secondary N) is 2. The summed E-state index contributed by atoms with van der Waals surface area (Å²) in [4.78, 5) is 38.0. The van der Waals surface area contributed by atoms with Crippen molar-refractivity contribution < 1.29 is 19.1 Å². The molecular formula is C17H23N3O4. The number of rotatable bonds is 6. The first kappa shape index (κ1) is 17.8. The Morgan fingerprint density at radius 1 is 1.29 bits per heavy atom. The maximum Gasteiger partial charge on any atom is 0.325 e. The van der Waals surface area contributed by atoms with Crippen molar-refractivity contribution in [2.45, 2.75) is 38.8 Å². The minimum Gasteiger partial charge on any atom is -0.497 e. The largest absolute Gasteiger partial charge is 0.497 e. The Bertz CT molecular complexity index is 642. The molecule has 2 rings (SSSR count). The van der Waals surface area contributed by atoms with Crippen molar-refractivity contribution >= 4 is 17.8 Å². The SMILES string of the molecule is CC[C@]1(c2ccc(OC)cc2)NC(=O)N(CC(=O)NC(C)C)C1=O. The lowest BCUT2D eigenvalue weighted by Gasteiger charge is -2.26. The zero-order chi connectivity index (χ0) is 17.9. The average molecular weight is 333 g/mol. The van der Waals surface area contributed by atoms with Crippen molar-refractivity contribution in [2.75, 3.05) is 13.7 Å². The van der Waals surface area contributed by atoms with Crippen molar-refractivity contribution in [3.8, 4) is 5.75 Å². The second-order valence-electron chi connectivity index (χ2n) is 6.03. The van der Waals surface area contributed by atoms with Crippen LogP contribution in [-0.2, 0) is 15.1 Å². The maximum atomic E-state index is 12.9. The van der Waals surface area contributed by atoms with E-state index in [-0.39, 0.29) is 18.5 Å². The van der Waals surface area contributed by atoms with Crippen LogP contribution in [0.1, 0.15) is 32.8 Å². The number of hydrogen-bond donors (Lipinski definition) is 2. The van der Waals surface area contributed by atoms with Gasteiger partial charge < -0.3 is 15.4 Å². The molecule has 1 aromatic carbocycles. The van der Waals surface area contributed by atoms with E-state index in [9.17, 15) is 14.4 Å². The summed E-state index contributed by atoms with van der Waals surface area (Å²) in [5.41, 5.74) is -0.488. The summed E-state index contributed by atoms with van der Waals surface area (Å²) in [6, 6.07) is 6.35. The first-order chi connectivity index (χ1) is 11.3. The van der Waals surface area contributed by atoms with E-state index in [2.05, 4.69) is 10.6 Å². The highest BCUT2D eigenvalue weighted by Gasteiger charge is 2.51. The smallest absolute Gasteiger partial charge is 0.325 e. The van der Waals surface area contributed by atoms with Crippen LogP contribution in [0.25, 0.3) is 0 Å². The van der Waals surface area contributed by atoms with Crippen LogP contribution in [-0.4, -0.2) is 42.4 Å². The Labute approximate surface area is 141 Å². The monoisotopic (exact) mass is 333 g/mol. The van der Waals surface area contributed by atoms with Crippen LogP contribution in [0.15, 0.2) is 24.3 Å². The van der Waals surface area contributed by atoms with Gasteiger partial charge in [-0.1, -0.05) is 19.1 Å². The normalized spacial score (nSPS) is 20.3. The zero-order valence-corrected chi connectivity index (χ0v) is 14.4. The van der Waals surface area contributed by atoms with E-state index >= 15 is 0 Å². The molecule has 1 atom stereocenters. The number of methoxy groups -OCH3 is 1. The Balaban J connectivity index is 2.27. The van der Waals surface area contributed by atoms with Crippen molar-refractivity contribution in [2.24, 2.45) is 0 Å². The standard InChI is InChI=1S/C17H23N3O4/c1-5-17(12-6-8-13(24-4)9-7-12)15(22)20(16(23)19-17)10-14(21)18-11(2)3/h6-9,11H,5,10H2,1-4H3,(H,18,21)(H,19,23)/t17-/m1/s1. The molecule has 1 aromatic rings. The Hall–Kier alpha value is -2.57. The number of imide groups is 1. The molecule has 0 aromatic heterocycles. The molecule has 1 fully saturated rings. The van der Waals surface area contributed by atoms with Gasteiger partial charge in [0.15, 0.2) is 0 Å². The fourth-order valence-electron chi connectivity index (χ4n) is 2.80. The molecule has 0 bridgehead atoms. The second kappa shape index (κ2) is 6.90. The Morgan fingerprint density at radius 2 is 1.92 bits per heavy atom. The van der Waals surface area contributed by atoms with E-state index in [0.29, 0.717) is 17.7 Å². The maximum absolute atomic E-state index is 12.9. The third-order valence-corrected chi connectivity index (χ3v) is 4.04. The number of nitrogens with zero attached hydrogens (tertiary/aromatic N) is 1. The van der Waals surface area contributed by atoms with Gasteiger partial charge in [-0.05, 0) is 38.0 Å². The second-order valence-corrected chi connectivity index (χ2v) is 6.03. The molecule has 0 radical (unpaired) electrons. The van der Waals surface area contributed by atoms with Crippen LogP contribution >= 0.6 is 0 Å². The first-order valence-corrected chi connectivity index (χ1v) is 7.92. The molecule has 1 aliphatic heterocycles. The Kier molecular flexibility index (Phi) is 5.11. The first-order valence-electron chi connectivity index (χ1n) is 7.92. The summed E-state index contributed by atoms with van der Waals surface area (Å²) in [7, 11) is 1.56. The summed E-state index contributed by atoms with van der Waals surface area (Å²) < 4.78 is 5.12. The van der Waals surface area contributed by atoms with E-state index in [1.165, 1.54) is 0 Å². The number of ether oxygens (including phenoxy) is 1. The van der Waals surface area contributed by atoms with E-state index in [1.54, 1.807) is 31.4 Å². The molecule has 2 N–H and O–H groups in total. The van der Waals surface area contributed by atoms with Gasteiger partial charge in [-0.2, -0.15) is 0 Å². The van der Waals surface area contributed by atoms with Crippen molar-refractivity contribution in [3.05, 3.63) is 29.8 Å². The van der Waals surface area contributed by atoms with Crippen LogP contribution in [0.3, 0.4) is 0 Å². The molecule has 1 aliphatic rings. The number of benzene rings is 1. The van der Waals surface area contributed by atoms with Crippen molar-refractivity contribution in [3.63, 3.8) is 0 Å². The third kappa shape index (κ3) is 3.20. The zero-order valence-electron chi connectivity index (χ0n) is 14.4. The molecule has 0 spiro atoms. The summed E-state index contributed by atoms with van der Waals surface area (Å²) >= 11 is 0. The van der Waals surface area contributed by atoms with Gasteiger partial charge in [0.25, 0.3) is 5.91 Å². The summed E-state index contributed by atoms with van der Waals surface area (Å²) in [6.45, 7) is 5.16. The predicted molar refractivity (Wildman–Crippen MR) is 88.5 cm³/mol. The van der Waals surface area contributed by atoms with Crippen LogP contribution in [0.5, 0.6) is 5.75 Å². The van der Waals surface area contributed by atoms with Gasteiger partial charge in [-0.15, -0.1) is 0 Å². The summed E-state index contributed by atoms with van der Waals surface area (Å²) in [6.07, 6.45) is 0.381. The molecule has 0 unspecified atom stereocenters. The number of hydrogen-bond acceptors (Lipinski definition) is 4. The van der Waals surface area contributed by atoms with Gasteiger partial charge in [0.2, 0.25) is 5.91 Å². The Morgan fingerprint density at radius 3 is 2.42 bits per heavy atom. The van der Waals surface area contributed by atoms with Gasteiger partial charge >= 0.3 is 6.03 Å². The molecule has 7 heteroatoms. The number of urea groups is 1. The highest BCUT2D eigenvalue weighted by Crippen LogP contribution is 2.33. The fourth-order valence-corrected chi connectivity index (χ4v) is 2.80. The summed E-state index contributed by atoms with van der Waals surface area (Å²) in [5, 5.41) is 5.43. The molecule has 7 nitrogen and oxygen atoms in total. The van der Waals surface area contributed by atoms with Gasteiger partial charge in [-0.25, -0.2) is 4.79 Å². The molecular weight excluding hydrogens is 310 g/mol. The van der Waals surface area contributed by atoms with Gasteiger partial charge in [-0.3, -0.25) is 14.5 Å². The highest BCUT2D eigenvalue weighted by molar-refractivity contribution is 6.09. The minimum atomic E-state index is -1.15. The molecule has 1 saturated heterocycles. The third-order valence-electron chi connectivity index (χ3n) is 4.04. The minimum absolute atomic E-state index is 0.0595. The fraction of sp³-hybridized carbons (Fsp3) is 0.471. The summed E-state index contributed by atoms with van der Waals surface area (Å²) in [5.74, 6) is -0.121. The number of amides is 4. The molecule has 0 aliphatic carbocycles. The lowest BCUT2D eigenvalue weighted by Crippen LogP contribution is -2.45. The van der Waals surface area contributed by atoms with E-state index in [4.69, 9.17) is 4.74 Å². The van der Waals surface area contributed by atoms with Crippen molar-refractivity contribution in [1.29, 1.82) is 0 Å². The van der Waals surface area contributed by atoms with Gasteiger partial charge in [0, 0.05) is 6.04 Å². The van der Waals surface area contributed by atoms with Crippen molar-refractivity contribution in [1.82, 2.24) is 15.5 Å². The molecule has 24 heavy (non-hydrogen) atoms. The lowest BCUT2D eigenvalue weighted by molar-refractivity contribution is -0.135. The topological polar surface area (TPSA) is 87.7 Å². The molecule has 1 heterocycles. The van der Waals surface area contributed by atoms with E-state index in [0.717, 1.165) is 4.90 Å². The van der Waals surface area contributed by atoms with E-state index in [1.807, 2.05) is 20.8 Å². The molecule has 130 valence electrons. The highest BCUT2D eigenvalue weighted by atomic mass is 16.5. The van der Waals surface area contributed by atoms with Crippen LogP contribution in [0.2, 0.25) is 0 Å². The predicted octanol–water partition coefficient (Wildman–Crippen LogP) is 1.38. The number of carbonyl (C=O) groups excluding carboxylic acids is 3. The van der Waals surface area contributed by atoms with Crippen LogP contribution in [0, 0.1) is 0 Å². The number of carbonyl (C=O) groups is 3. The van der Waals surface area contributed by atoms with Crippen LogP contribution in [0.4, 0.5) is 4.79 Å². The quantitative estimate of drug-likeness (QED) is 0.770. The van der Waals surface area contributed by atoms with E-state index < -0.39 is 17.5 Å². The molecule has 4 amide bonds.